The first-order valence-corrected chi connectivity index (χ1v) is 9.57. The molecule has 2 N–H and O–H groups in total. The normalized spacial score (nSPS) is 15.2. The van der Waals surface area contributed by atoms with Crippen LogP contribution < -0.4 is 10.0 Å². The van der Waals surface area contributed by atoms with Gasteiger partial charge >= 0.3 is 6.03 Å². The highest BCUT2D eigenvalue weighted by atomic mass is 32.2. The molecule has 126 valence electrons. The fourth-order valence-electron chi connectivity index (χ4n) is 2.42. The molecule has 0 radical (unpaired) electrons. The summed E-state index contributed by atoms with van der Waals surface area (Å²) in [5.41, 5.74) is 2.48. The lowest BCUT2D eigenvalue weighted by Crippen LogP contribution is -2.42. The molecule has 1 aliphatic heterocycles. The van der Waals surface area contributed by atoms with Crippen molar-refractivity contribution in [3.63, 3.8) is 0 Å². The Morgan fingerprint density at radius 1 is 1.22 bits per heavy atom. The maximum Gasteiger partial charge on any atom is 0.317 e. The van der Waals surface area contributed by atoms with E-state index < -0.39 is 10.0 Å². The van der Waals surface area contributed by atoms with Crippen LogP contribution in [0.25, 0.3) is 5.57 Å². The zero-order valence-electron chi connectivity index (χ0n) is 13.3. The van der Waals surface area contributed by atoms with Crippen LogP contribution in [-0.4, -0.2) is 51.8 Å². The van der Waals surface area contributed by atoms with Crippen molar-refractivity contribution in [1.82, 2.24) is 14.9 Å². The van der Waals surface area contributed by atoms with E-state index in [-0.39, 0.29) is 6.03 Å². The number of carbonyl (C=O) groups is 1. The molecule has 0 spiro atoms. The van der Waals surface area contributed by atoms with E-state index in [1.54, 1.807) is 4.90 Å². The van der Waals surface area contributed by atoms with Crippen LogP contribution in [0.2, 0.25) is 0 Å². The number of amides is 2. The number of hydrogen-bond acceptors (Lipinski definition) is 3. The molecule has 0 saturated carbocycles. The highest BCUT2D eigenvalue weighted by Crippen LogP contribution is 2.21. The third-order valence-corrected chi connectivity index (χ3v) is 4.36. The molecule has 0 atom stereocenters. The maximum atomic E-state index is 12.0. The first-order chi connectivity index (χ1) is 11.0. The van der Waals surface area contributed by atoms with E-state index in [4.69, 9.17) is 0 Å². The summed E-state index contributed by atoms with van der Waals surface area (Å²) in [7, 11) is -3.16. The predicted molar refractivity (Wildman–Crippen MR) is 91.5 cm³/mol. The topological polar surface area (TPSA) is 78.5 Å². The van der Waals surface area contributed by atoms with Gasteiger partial charge in [0.15, 0.2) is 0 Å². The summed E-state index contributed by atoms with van der Waals surface area (Å²) in [6, 6.07) is 10.1. The molecule has 2 rings (SSSR count). The number of sulfonamides is 1. The molecule has 23 heavy (non-hydrogen) atoms. The minimum atomic E-state index is -3.16. The minimum Gasteiger partial charge on any atom is -0.338 e. The maximum absolute atomic E-state index is 12.0. The molecular weight excluding hydrogens is 314 g/mol. The van der Waals surface area contributed by atoms with E-state index in [9.17, 15) is 13.2 Å². The lowest BCUT2D eigenvalue weighted by molar-refractivity contribution is 0.203. The number of nitrogens with one attached hydrogen (secondary N) is 2. The second-order valence-electron chi connectivity index (χ2n) is 5.54. The lowest BCUT2D eigenvalue weighted by Gasteiger charge is -2.27. The van der Waals surface area contributed by atoms with Crippen LogP contribution in [0.5, 0.6) is 0 Å². The number of benzene rings is 1. The molecule has 0 aromatic heterocycles. The fourth-order valence-corrected chi connectivity index (χ4v) is 2.94. The minimum absolute atomic E-state index is 0.104. The van der Waals surface area contributed by atoms with Gasteiger partial charge in [0, 0.05) is 26.2 Å². The zero-order valence-corrected chi connectivity index (χ0v) is 14.1. The molecule has 1 heterocycles. The van der Waals surface area contributed by atoms with Crippen molar-refractivity contribution in [2.45, 2.75) is 12.8 Å². The summed E-state index contributed by atoms with van der Waals surface area (Å²) < 4.78 is 24.2. The molecule has 1 aromatic carbocycles. The van der Waals surface area contributed by atoms with E-state index in [0.29, 0.717) is 32.6 Å². The van der Waals surface area contributed by atoms with Gasteiger partial charge in [-0.1, -0.05) is 36.4 Å². The Kier molecular flexibility index (Phi) is 6.18. The quantitative estimate of drug-likeness (QED) is 0.771. The number of nitrogens with zero attached hydrogens (tertiary/aromatic N) is 1. The number of rotatable bonds is 6. The van der Waals surface area contributed by atoms with E-state index >= 15 is 0 Å². The van der Waals surface area contributed by atoms with Crippen LogP contribution >= 0.6 is 0 Å². The lowest BCUT2D eigenvalue weighted by atomic mass is 10.00. The van der Waals surface area contributed by atoms with Gasteiger partial charge in [0.2, 0.25) is 10.0 Å². The van der Waals surface area contributed by atoms with E-state index in [0.717, 1.165) is 12.7 Å². The SMILES string of the molecule is CS(=O)(=O)NCCCNC(=O)N1CC=C(c2ccccc2)CC1. The van der Waals surface area contributed by atoms with Gasteiger partial charge in [0.1, 0.15) is 0 Å². The van der Waals surface area contributed by atoms with Crippen molar-refractivity contribution in [3.05, 3.63) is 42.0 Å². The zero-order chi connectivity index (χ0) is 16.7. The van der Waals surface area contributed by atoms with Crippen LogP contribution in [-0.2, 0) is 10.0 Å². The van der Waals surface area contributed by atoms with Crippen LogP contribution in [0.1, 0.15) is 18.4 Å². The summed E-state index contributed by atoms with van der Waals surface area (Å²) in [5.74, 6) is 0. The Morgan fingerprint density at radius 3 is 2.57 bits per heavy atom. The molecule has 0 aliphatic carbocycles. The van der Waals surface area contributed by atoms with Crippen molar-refractivity contribution < 1.29 is 13.2 Å². The molecule has 1 aromatic rings. The van der Waals surface area contributed by atoms with Crippen molar-refractivity contribution in [2.75, 3.05) is 32.4 Å². The smallest absolute Gasteiger partial charge is 0.317 e. The third-order valence-electron chi connectivity index (χ3n) is 3.63. The Morgan fingerprint density at radius 2 is 1.96 bits per heavy atom. The van der Waals surface area contributed by atoms with Gasteiger partial charge in [-0.05, 0) is 24.0 Å². The summed E-state index contributed by atoms with van der Waals surface area (Å²) in [6.45, 7) is 2.07. The van der Waals surface area contributed by atoms with E-state index in [1.807, 2.05) is 18.2 Å². The fraction of sp³-hybridized carbons (Fsp3) is 0.438. The third kappa shape index (κ3) is 6.03. The Hall–Kier alpha value is -1.86. The van der Waals surface area contributed by atoms with Crippen LogP contribution in [0.15, 0.2) is 36.4 Å². The Balaban J connectivity index is 1.72. The van der Waals surface area contributed by atoms with Gasteiger partial charge in [-0.3, -0.25) is 0 Å². The molecule has 7 heteroatoms. The Bertz CT molecular complexity index is 656. The van der Waals surface area contributed by atoms with Gasteiger partial charge in [-0.15, -0.1) is 0 Å². The van der Waals surface area contributed by atoms with Gasteiger partial charge < -0.3 is 10.2 Å². The van der Waals surface area contributed by atoms with Crippen molar-refractivity contribution >= 4 is 21.6 Å². The van der Waals surface area contributed by atoms with Gasteiger partial charge in [0.05, 0.1) is 6.26 Å². The van der Waals surface area contributed by atoms with Gasteiger partial charge in [-0.2, -0.15) is 0 Å². The van der Waals surface area contributed by atoms with Crippen LogP contribution in [0.3, 0.4) is 0 Å². The molecular formula is C16H23N3O3S. The van der Waals surface area contributed by atoms with Crippen molar-refractivity contribution in [2.24, 2.45) is 0 Å². The highest BCUT2D eigenvalue weighted by molar-refractivity contribution is 7.88. The average molecular weight is 337 g/mol. The van der Waals surface area contributed by atoms with Gasteiger partial charge in [-0.25, -0.2) is 17.9 Å². The highest BCUT2D eigenvalue weighted by Gasteiger charge is 2.17. The molecule has 0 bridgehead atoms. The molecule has 1 aliphatic rings. The summed E-state index contributed by atoms with van der Waals surface area (Å²) in [6.07, 6.45) is 4.62. The average Bonchev–Trinajstić information content (AvgIpc) is 2.54. The van der Waals surface area contributed by atoms with Crippen molar-refractivity contribution in [3.8, 4) is 0 Å². The van der Waals surface area contributed by atoms with Gasteiger partial charge in [0.25, 0.3) is 0 Å². The monoisotopic (exact) mass is 337 g/mol. The molecule has 0 unspecified atom stereocenters. The van der Waals surface area contributed by atoms with Crippen LogP contribution in [0, 0.1) is 0 Å². The second-order valence-corrected chi connectivity index (χ2v) is 7.38. The second kappa shape index (κ2) is 8.12. The first kappa shape index (κ1) is 17.5. The van der Waals surface area contributed by atoms with Crippen molar-refractivity contribution in [1.29, 1.82) is 0 Å². The summed E-state index contributed by atoms with van der Waals surface area (Å²) >= 11 is 0. The number of urea groups is 1. The molecule has 0 saturated heterocycles. The first-order valence-electron chi connectivity index (χ1n) is 7.67. The van der Waals surface area contributed by atoms with E-state index in [2.05, 4.69) is 28.2 Å². The summed E-state index contributed by atoms with van der Waals surface area (Å²) in [4.78, 5) is 13.8. The summed E-state index contributed by atoms with van der Waals surface area (Å²) in [5, 5.41) is 2.82. The number of hydrogen-bond donors (Lipinski definition) is 2. The molecule has 2 amide bonds. The van der Waals surface area contributed by atoms with Crippen LogP contribution in [0.4, 0.5) is 4.79 Å². The largest absolute Gasteiger partial charge is 0.338 e. The molecule has 6 nitrogen and oxygen atoms in total. The predicted octanol–water partition coefficient (Wildman–Crippen LogP) is 1.42. The number of carbonyl (C=O) groups excluding carboxylic acids is 1. The molecule has 0 fully saturated rings. The Labute approximate surface area is 137 Å². The standard InChI is InChI=1S/C16H23N3O3S/c1-23(21,22)18-11-5-10-17-16(20)19-12-8-15(9-13-19)14-6-3-2-4-7-14/h2-4,6-8,18H,5,9-13H2,1H3,(H,17,20). The van der Waals surface area contributed by atoms with E-state index in [1.165, 1.54) is 11.1 Å².